The molecule has 0 amide bonds. The monoisotopic (exact) mass is 342 g/mol. The Hall–Kier alpha value is -2.08. The molecule has 0 saturated carbocycles. The largest absolute Gasteiger partial charge is 0.338 e. The van der Waals surface area contributed by atoms with Gasteiger partial charge in [0.15, 0.2) is 11.0 Å². The molecule has 0 aliphatic heterocycles. The van der Waals surface area contributed by atoms with Crippen molar-refractivity contribution in [1.82, 2.24) is 19.7 Å². The number of hydrogen-bond acceptors (Lipinski definition) is 5. The summed E-state index contributed by atoms with van der Waals surface area (Å²) in [6.45, 7) is 8.47. The predicted molar refractivity (Wildman–Crippen MR) is 95.6 cm³/mol. The highest BCUT2D eigenvalue weighted by molar-refractivity contribution is 7.99. The van der Waals surface area contributed by atoms with E-state index in [1.54, 1.807) is 11.8 Å². The summed E-state index contributed by atoms with van der Waals surface area (Å²) in [5, 5.41) is 4.93. The fourth-order valence-corrected chi connectivity index (χ4v) is 3.29. The average molecular weight is 342 g/mol. The van der Waals surface area contributed by atoms with Gasteiger partial charge in [-0.15, -0.1) is 0 Å². The molecule has 126 valence electrons. The van der Waals surface area contributed by atoms with Crippen LogP contribution in [0.25, 0.3) is 5.69 Å². The zero-order valence-corrected chi connectivity index (χ0v) is 15.2. The molecule has 0 N–H and O–H groups in total. The van der Waals surface area contributed by atoms with Crippen LogP contribution in [0.5, 0.6) is 0 Å². The second-order valence-corrected chi connectivity index (χ2v) is 7.30. The molecule has 1 atom stereocenters. The molecule has 1 aromatic carbocycles. The lowest BCUT2D eigenvalue weighted by Gasteiger charge is -2.11. The number of hydrogen-bond donors (Lipinski definition) is 0. The molecular formula is C18H22N4OS. The summed E-state index contributed by atoms with van der Waals surface area (Å²) in [4.78, 5) is 8.89. The van der Waals surface area contributed by atoms with Crippen molar-refractivity contribution in [2.45, 2.75) is 50.4 Å². The molecule has 5 nitrogen and oxygen atoms in total. The Morgan fingerprint density at radius 3 is 2.54 bits per heavy atom. The van der Waals surface area contributed by atoms with E-state index >= 15 is 0 Å². The predicted octanol–water partition coefficient (Wildman–Crippen LogP) is 4.79. The first-order chi connectivity index (χ1) is 11.6. The van der Waals surface area contributed by atoms with E-state index in [1.165, 1.54) is 5.56 Å². The van der Waals surface area contributed by atoms with Gasteiger partial charge in [0.05, 0.1) is 5.25 Å². The number of benzene rings is 1. The molecule has 0 fully saturated rings. The molecule has 3 rings (SSSR count). The number of imidazole rings is 1. The van der Waals surface area contributed by atoms with Crippen molar-refractivity contribution in [2.75, 3.05) is 0 Å². The summed E-state index contributed by atoms with van der Waals surface area (Å²) in [6, 6.07) is 8.61. The van der Waals surface area contributed by atoms with Gasteiger partial charge in [-0.2, -0.15) is 4.98 Å². The molecule has 0 aliphatic carbocycles. The Balaban J connectivity index is 1.79. The highest BCUT2D eigenvalue weighted by Gasteiger charge is 2.18. The molecule has 0 aliphatic rings. The van der Waals surface area contributed by atoms with Crippen LogP contribution in [0, 0.1) is 0 Å². The molecule has 24 heavy (non-hydrogen) atoms. The smallest absolute Gasteiger partial charge is 0.239 e. The van der Waals surface area contributed by atoms with Crippen molar-refractivity contribution < 1.29 is 4.52 Å². The van der Waals surface area contributed by atoms with Crippen LogP contribution >= 0.6 is 11.8 Å². The van der Waals surface area contributed by atoms with Gasteiger partial charge in [-0.05, 0) is 30.5 Å². The number of aromatic nitrogens is 4. The van der Waals surface area contributed by atoms with Crippen LogP contribution in [0.4, 0.5) is 0 Å². The maximum Gasteiger partial charge on any atom is 0.239 e. The van der Waals surface area contributed by atoms with E-state index in [9.17, 15) is 0 Å². The van der Waals surface area contributed by atoms with Gasteiger partial charge < -0.3 is 4.52 Å². The van der Waals surface area contributed by atoms with Crippen LogP contribution in [0.2, 0.25) is 0 Å². The van der Waals surface area contributed by atoms with Crippen LogP contribution < -0.4 is 0 Å². The first kappa shape index (κ1) is 16.8. The Bertz CT molecular complexity index is 791. The van der Waals surface area contributed by atoms with E-state index in [4.69, 9.17) is 4.52 Å². The number of aryl methyl sites for hydroxylation is 1. The topological polar surface area (TPSA) is 56.7 Å². The normalized spacial score (nSPS) is 12.7. The summed E-state index contributed by atoms with van der Waals surface area (Å²) in [6.07, 6.45) is 4.57. The Labute approximate surface area is 146 Å². The lowest BCUT2D eigenvalue weighted by atomic mass is 10.0. The molecule has 2 heterocycles. The molecule has 2 aromatic heterocycles. The van der Waals surface area contributed by atoms with Crippen molar-refractivity contribution in [3.63, 3.8) is 0 Å². The minimum absolute atomic E-state index is 0.0499. The van der Waals surface area contributed by atoms with E-state index in [-0.39, 0.29) is 5.25 Å². The maximum absolute atomic E-state index is 5.33. The van der Waals surface area contributed by atoms with Gasteiger partial charge in [-0.25, -0.2) is 4.98 Å². The van der Waals surface area contributed by atoms with Crippen molar-refractivity contribution in [3.05, 3.63) is 53.9 Å². The first-order valence-corrected chi connectivity index (χ1v) is 9.09. The number of nitrogens with zero attached hydrogens (tertiary/aromatic N) is 4. The lowest BCUT2D eigenvalue weighted by Crippen LogP contribution is -1.98. The Morgan fingerprint density at radius 1 is 1.17 bits per heavy atom. The minimum Gasteiger partial charge on any atom is -0.338 e. The quantitative estimate of drug-likeness (QED) is 0.603. The number of rotatable bonds is 6. The highest BCUT2D eigenvalue weighted by atomic mass is 32.2. The summed E-state index contributed by atoms with van der Waals surface area (Å²) >= 11 is 1.61. The van der Waals surface area contributed by atoms with Gasteiger partial charge in [0, 0.05) is 24.5 Å². The van der Waals surface area contributed by atoms with Gasteiger partial charge in [-0.3, -0.25) is 4.57 Å². The van der Waals surface area contributed by atoms with E-state index in [0.717, 1.165) is 23.1 Å². The van der Waals surface area contributed by atoms with E-state index in [2.05, 4.69) is 64.7 Å². The molecule has 0 saturated heterocycles. The van der Waals surface area contributed by atoms with Gasteiger partial charge in [-0.1, -0.05) is 49.8 Å². The lowest BCUT2D eigenvalue weighted by molar-refractivity contribution is 0.375. The molecule has 0 radical (unpaired) electrons. The second-order valence-electron chi connectivity index (χ2n) is 5.99. The van der Waals surface area contributed by atoms with Crippen LogP contribution in [0.3, 0.4) is 0 Å². The fourth-order valence-electron chi connectivity index (χ4n) is 2.38. The Kier molecular flexibility index (Phi) is 5.04. The molecular weight excluding hydrogens is 320 g/mol. The molecule has 0 spiro atoms. The zero-order valence-electron chi connectivity index (χ0n) is 14.4. The van der Waals surface area contributed by atoms with E-state index < -0.39 is 0 Å². The van der Waals surface area contributed by atoms with Crippen LogP contribution in [-0.4, -0.2) is 19.7 Å². The van der Waals surface area contributed by atoms with Gasteiger partial charge in [0.1, 0.15) is 0 Å². The molecule has 0 bridgehead atoms. The summed E-state index contributed by atoms with van der Waals surface area (Å²) < 4.78 is 7.42. The SMILES string of the molecule is CCc1noc(C(C)Sc2nccn2-c2ccc(C(C)C)cc2)n1. The van der Waals surface area contributed by atoms with Crippen LogP contribution in [-0.2, 0) is 6.42 Å². The first-order valence-electron chi connectivity index (χ1n) is 8.21. The third-order valence-corrected chi connectivity index (χ3v) is 4.94. The fraction of sp³-hybridized carbons (Fsp3) is 0.389. The third-order valence-electron chi connectivity index (χ3n) is 3.87. The van der Waals surface area contributed by atoms with E-state index in [0.29, 0.717) is 11.8 Å². The highest BCUT2D eigenvalue weighted by Crippen LogP contribution is 2.34. The zero-order chi connectivity index (χ0) is 17.1. The molecule has 3 aromatic rings. The standard InChI is InChI=1S/C18H22N4OS/c1-5-16-20-17(23-21-16)13(4)24-18-19-10-11-22(18)15-8-6-14(7-9-15)12(2)3/h6-13H,5H2,1-4H3. The van der Waals surface area contributed by atoms with Crippen molar-refractivity contribution in [1.29, 1.82) is 0 Å². The maximum atomic E-state index is 5.33. The van der Waals surface area contributed by atoms with E-state index in [1.807, 2.05) is 19.3 Å². The summed E-state index contributed by atoms with van der Waals surface area (Å²) in [7, 11) is 0. The summed E-state index contributed by atoms with van der Waals surface area (Å²) in [5.41, 5.74) is 2.44. The minimum atomic E-state index is 0.0499. The van der Waals surface area contributed by atoms with Crippen molar-refractivity contribution in [3.8, 4) is 5.69 Å². The number of thioether (sulfide) groups is 1. The van der Waals surface area contributed by atoms with Crippen molar-refractivity contribution >= 4 is 11.8 Å². The average Bonchev–Trinajstić information content (AvgIpc) is 3.24. The van der Waals surface area contributed by atoms with Gasteiger partial charge in [0.25, 0.3) is 0 Å². The van der Waals surface area contributed by atoms with Crippen LogP contribution in [0.15, 0.2) is 46.3 Å². The second kappa shape index (κ2) is 7.21. The van der Waals surface area contributed by atoms with Gasteiger partial charge in [0.2, 0.25) is 5.89 Å². The van der Waals surface area contributed by atoms with Crippen molar-refractivity contribution in [2.24, 2.45) is 0 Å². The summed E-state index contributed by atoms with van der Waals surface area (Å²) in [5.74, 6) is 1.91. The molecule has 6 heteroatoms. The third kappa shape index (κ3) is 3.53. The molecule has 1 unspecified atom stereocenters. The van der Waals surface area contributed by atoms with Crippen LogP contribution in [0.1, 0.15) is 56.1 Å². The Morgan fingerprint density at radius 2 is 1.92 bits per heavy atom. The van der Waals surface area contributed by atoms with Gasteiger partial charge >= 0.3 is 0 Å².